The molecule has 3 N–H and O–H groups in total. The molecule has 100 valence electrons. The highest BCUT2D eigenvalue weighted by Gasteiger charge is 2.29. The Labute approximate surface area is 107 Å². The minimum absolute atomic E-state index is 0.257. The Morgan fingerprint density at radius 1 is 1.44 bits per heavy atom. The van der Waals surface area contributed by atoms with Gasteiger partial charge in [-0.15, -0.1) is 0 Å². The Balaban J connectivity index is 2.39. The van der Waals surface area contributed by atoms with Crippen molar-refractivity contribution >= 4 is 0 Å². The molecule has 1 aromatic rings. The molecule has 1 aliphatic heterocycles. The van der Waals surface area contributed by atoms with Crippen molar-refractivity contribution in [3.63, 3.8) is 0 Å². The first-order valence-corrected chi connectivity index (χ1v) is 6.25. The number of benzene rings is 1. The predicted molar refractivity (Wildman–Crippen MR) is 68.0 cm³/mol. The minimum atomic E-state index is -0.981. The van der Waals surface area contributed by atoms with Gasteiger partial charge in [0.25, 0.3) is 0 Å². The number of rotatable bonds is 2. The monoisotopic (exact) mass is 253 g/mol. The Kier molecular flexibility index (Phi) is 3.34. The molecular formula is C14H20FNO2. The largest absolute Gasteiger partial charge is 0.487 e. The average molecular weight is 253 g/mol. The van der Waals surface area contributed by atoms with Crippen molar-refractivity contribution in [2.45, 2.75) is 51.4 Å². The van der Waals surface area contributed by atoms with Crippen LogP contribution in [-0.2, 0) is 6.42 Å². The van der Waals surface area contributed by atoms with Gasteiger partial charge in [0, 0.05) is 17.7 Å². The van der Waals surface area contributed by atoms with Crippen LogP contribution in [0.5, 0.6) is 5.75 Å². The molecule has 0 radical (unpaired) electrons. The van der Waals surface area contributed by atoms with E-state index in [-0.39, 0.29) is 11.2 Å². The highest BCUT2D eigenvalue weighted by molar-refractivity contribution is 5.41. The molecule has 0 amide bonds. The molecule has 0 saturated heterocycles. The average Bonchev–Trinajstić information content (AvgIpc) is 2.26. The lowest BCUT2D eigenvalue weighted by Crippen LogP contribution is -2.33. The van der Waals surface area contributed by atoms with Crippen LogP contribution < -0.4 is 10.5 Å². The lowest BCUT2D eigenvalue weighted by Gasteiger charge is -2.33. The SMILES string of the molecule is CC(N)C(O)c1cc2c(cc1F)OC(C)(C)CC2. The maximum Gasteiger partial charge on any atom is 0.132 e. The fourth-order valence-corrected chi connectivity index (χ4v) is 2.20. The molecule has 2 unspecified atom stereocenters. The fraction of sp³-hybridized carbons (Fsp3) is 0.571. The smallest absolute Gasteiger partial charge is 0.132 e. The molecule has 2 rings (SSSR count). The second-order valence-corrected chi connectivity index (χ2v) is 5.65. The molecule has 0 aromatic heterocycles. The molecule has 1 heterocycles. The first-order valence-electron chi connectivity index (χ1n) is 6.25. The van der Waals surface area contributed by atoms with Crippen molar-refractivity contribution in [1.82, 2.24) is 0 Å². The number of hydrogen-bond acceptors (Lipinski definition) is 3. The summed E-state index contributed by atoms with van der Waals surface area (Å²) in [6, 6.07) is 2.53. The van der Waals surface area contributed by atoms with Crippen LogP contribution in [0.15, 0.2) is 12.1 Å². The summed E-state index contributed by atoms with van der Waals surface area (Å²) >= 11 is 0. The zero-order valence-electron chi connectivity index (χ0n) is 11.0. The van der Waals surface area contributed by atoms with Crippen LogP contribution >= 0.6 is 0 Å². The Morgan fingerprint density at radius 2 is 2.11 bits per heavy atom. The van der Waals surface area contributed by atoms with Gasteiger partial charge < -0.3 is 15.6 Å². The summed E-state index contributed by atoms with van der Waals surface area (Å²) in [7, 11) is 0. The Hall–Kier alpha value is -1.13. The van der Waals surface area contributed by atoms with Gasteiger partial charge in [-0.05, 0) is 45.2 Å². The van der Waals surface area contributed by atoms with Crippen LogP contribution in [0.4, 0.5) is 4.39 Å². The Bertz CT molecular complexity index is 457. The predicted octanol–water partition coefficient (Wildman–Crippen LogP) is 2.31. The molecule has 4 heteroatoms. The van der Waals surface area contributed by atoms with Crippen molar-refractivity contribution in [3.8, 4) is 5.75 Å². The zero-order valence-corrected chi connectivity index (χ0v) is 11.0. The maximum atomic E-state index is 13.9. The van der Waals surface area contributed by atoms with E-state index in [0.717, 1.165) is 18.4 Å². The maximum absolute atomic E-state index is 13.9. The van der Waals surface area contributed by atoms with E-state index in [1.807, 2.05) is 13.8 Å². The van der Waals surface area contributed by atoms with Gasteiger partial charge >= 0.3 is 0 Å². The van der Waals surface area contributed by atoms with Gasteiger partial charge in [-0.25, -0.2) is 4.39 Å². The van der Waals surface area contributed by atoms with Crippen molar-refractivity contribution in [1.29, 1.82) is 0 Å². The summed E-state index contributed by atoms with van der Waals surface area (Å²) in [6.07, 6.45) is 0.714. The third-order valence-corrected chi connectivity index (χ3v) is 3.38. The fourth-order valence-electron chi connectivity index (χ4n) is 2.20. The standard InChI is InChI=1S/C14H20FNO2/c1-8(16)13(17)10-6-9-4-5-14(2,3)18-12(9)7-11(10)15/h6-8,13,17H,4-5,16H2,1-3H3. The number of fused-ring (bicyclic) bond motifs is 1. The molecule has 1 aromatic carbocycles. The first-order chi connectivity index (χ1) is 8.30. The highest BCUT2D eigenvalue weighted by Crippen LogP contribution is 2.36. The minimum Gasteiger partial charge on any atom is -0.487 e. The van der Waals surface area contributed by atoms with Gasteiger partial charge in [0.05, 0.1) is 6.10 Å². The van der Waals surface area contributed by atoms with Gasteiger partial charge in [-0.3, -0.25) is 0 Å². The van der Waals surface area contributed by atoms with E-state index in [4.69, 9.17) is 10.5 Å². The van der Waals surface area contributed by atoms with E-state index in [9.17, 15) is 9.50 Å². The lowest BCUT2D eigenvalue weighted by molar-refractivity contribution is 0.0835. The zero-order chi connectivity index (χ0) is 13.5. The number of nitrogens with two attached hydrogens (primary N) is 1. The van der Waals surface area contributed by atoms with Crippen LogP contribution in [0.1, 0.15) is 44.4 Å². The number of aliphatic hydroxyl groups is 1. The van der Waals surface area contributed by atoms with E-state index in [2.05, 4.69) is 0 Å². The summed E-state index contributed by atoms with van der Waals surface area (Å²) in [6.45, 7) is 5.63. The molecule has 2 atom stereocenters. The third kappa shape index (κ3) is 2.49. The van der Waals surface area contributed by atoms with Gasteiger partial charge in [-0.2, -0.15) is 0 Å². The molecule has 18 heavy (non-hydrogen) atoms. The summed E-state index contributed by atoms with van der Waals surface area (Å²) in [5, 5.41) is 9.88. The third-order valence-electron chi connectivity index (χ3n) is 3.38. The summed E-state index contributed by atoms with van der Waals surface area (Å²) in [5.41, 5.74) is 6.54. The summed E-state index contributed by atoms with van der Waals surface area (Å²) < 4.78 is 19.7. The van der Waals surface area contributed by atoms with Crippen molar-refractivity contribution < 1.29 is 14.2 Å². The molecule has 0 fully saturated rings. The van der Waals surface area contributed by atoms with Gasteiger partial charge in [0.1, 0.15) is 17.2 Å². The molecule has 0 saturated carbocycles. The molecule has 0 spiro atoms. The van der Waals surface area contributed by atoms with Gasteiger partial charge in [-0.1, -0.05) is 0 Å². The summed E-state index contributed by atoms with van der Waals surface area (Å²) in [4.78, 5) is 0. The second kappa shape index (κ2) is 4.52. The van der Waals surface area contributed by atoms with E-state index in [1.54, 1.807) is 13.0 Å². The van der Waals surface area contributed by atoms with E-state index in [1.165, 1.54) is 6.07 Å². The van der Waals surface area contributed by atoms with Crippen molar-refractivity contribution in [3.05, 3.63) is 29.1 Å². The molecule has 3 nitrogen and oxygen atoms in total. The van der Waals surface area contributed by atoms with Crippen LogP contribution in [0, 0.1) is 5.82 Å². The number of ether oxygens (including phenoxy) is 1. The number of aliphatic hydroxyl groups excluding tert-OH is 1. The first kappa shape index (κ1) is 13.3. The molecule has 0 aliphatic carbocycles. The number of aryl methyl sites for hydroxylation is 1. The number of halogens is 1. The van der Waals surface area contributed by atoms with Crippen LogP contribution in [0.25, 0.3) is 0 Å². The number of hydrogen-bond donors (Lipinski definition) is 2. The van der Waals surface area contributed by atoms with E-state index < -0.39 is 18.0 Å². The normalized spacial score (nSPS) is 20.8. The van der Waals surface area contributed by atoms with Gasteiger partial charge in [0.2, 0.25) is 0 Å². The summed E-state index contributed by atoms with van der Waals surface area (Å²) in [5.74, 6) is 0.112. The van der Waals surface area contributed by atoms with E-state index in [0.29, 0.717) is 5.75 Å². The topological polar surface area (TPSA) is 55.5 Å². The van der Waals surface area contributed by atoms with Crippen molar-refractivity contribution in [2.75, 3.05) is 0 Å². The van der Waals surface area contributed by atoms with E-state index >= 15 is 0 Å². The molecule has 1 aliphatic rings. The molecule has 0 bridgehead atoms. The Morgan fingerprint density at radius 3 is 2.72 bits per heavy atom. The highest BCUT2D eigenvalue weighted by atomic mass is 19.1. The lowest BCUT2D eigenvalue weighted by atomic mass is 9.91. The quantitative estimate of drug-likeness (QED) is 0.850. The van der Waals surface area contributed by atoms with Gasteiger partial charge in [0.15, 0.2) is 0 Å². The molecular weight excluding hydrogens is 233 g/mol. The van der Waals surface area contributed by atoms with Crippen LogP contribution in [-0.4, -0.2) is 16.7 Å². The van der Waals surface area contributed by atoms with Crippen molar-refractivity contribution in [2.24, 2.45) is 5.73 Å². The second-order valence-electron chi connectivity index (χ2n) is 5.65. The van der Waals surface area contributed by atoms with Crippen LogP contribution in [0.3, 0.4) is 0 Å². The van der Waals surface area contributed by atoms with Crippen LogP contribution in [0.2, 0.25) is 0 Å².